The number of esters is 1. The Morgan fingerprint density at radius 2 is 1.88 bits per heavy atom. The van der Waals surface area contributed by atoms with Crippen LogP contribution in [0.5, 0.6) is 5.75 Å². The molecule has 34 heavy (non-hydrogen) atoms. The fourth-order valence-electron chi connectivity index (χ4n) is 4.85. The molecule has 11 heteroatoms. The largest absolute Gasteiger partial charge is 0.482 e. The first-order valence-electron chi connectivity index (χ1n) is 11.7. The third kappa shape index (κ3) is 4.90. The molecule has 1 aromatic carbocycles. The van der Waals surface area contributed by atoms with Gasteiger partial charge in [-0.05, 0) is 51.2 Å². The molecule has 0 aromatic heterocycles. The molecular formula is C23H31N3O7S. The molecule has 0 spiro atoms. The lowest BCUT2D eigenvalue weighted by Gasteiger charge is -2.37. The van der Waals surface area contributed by atoms with E-state index in [9.17, 15) is 22.8 Å². The molecule has 2 amide bonds. The van der Waals surface area contributed by atoms with E-state index in [1.165, 1.54) is 10.4 Å². The highest BCUT2D eigenvalue weighted by Crippen LogP contribution is 2.35. The fourth-order valence-corrected chi connectivity index (χ4v) is 6.59. The summed E-state index contributed by atoms with van der Waals surface area (Å²) in [6.45, 7) is 5.02. The van der Waals surface area contributed by atoms with Gasteiger partial charge in [0.2, 0.25) is 15.9 Å². The maximum Gasteiger partial charge on any atom is 0.309 e. The number of anilines is 1. The van der Waals surface area contributed by atoms with E-state index in [1.54, 1.807) is 24.8 Å². The Hall–Kier alpha value is -2.66. The van der Waals surface area contributed by atoms with Crippen LogP contribution in [0, 0.1) is 18.8 Å². The summed E-state index contributed by atoms with van der Waals surface area (Å²) in [6.07, 6.45) is 2.33. The minimum absolute atomic E-state index is 0.0598. The third-order valence-electron chi connectivity index (χ3n) is 6.69. The number of nitrogens with one attached hydrogen (secondary N) is 1. The van der Waals surface area contributed by atoms with Crippen molar-refractivity contribution in [3.8, 4) is 5.75 Å². The van der Waals surface area contributed by atoms with Crippen LogP contribution in [0.4, 0.5) is 5.69 Å². The lowest BCUT2D eigenvalue weighted by Crippen LogP contribution is -2.49. The maximum absolute atomic E-state index is 13.5. The summed E-state index contributed by atoms with van der Waals surface area (Å²) in [6, 6.07) is 3.05. The summed E-state index contributed by atoms with van der Waals surface area (Å²) in [5.74, 6) is -0.852. The van der Waals surface area contributed by atoms with Crippen molar-refractivity contribution in [2.45, 2.75) is 44.4 Å². The van der Waals surface area contributed by atoms with E-state index in [2.05, 4.69) is 5.32 Å². The second-order valence-corrected chi connectivity index (χ2v) is 10.9. The van der Waals surface area contributed by atoms with Crippen molar-refractivity contribution < 1.29 is 32.3 Å². The zero-order valence-electron chi connectivity index (χ0n) is 19.5. The molecule has 1 N–H and O–H groups in total. The predicted molar refractivity (Wildman–Crippen MR) is 123 cm³/mol. The van der Waals surface area contributed by atoms with Gasteiger partial charge in [0.05, 0.1) is 29.0 Å². The Morgan fingerprint density at radius 3 is 2.59 bits per heavy atom. The molecule has 3 heterocycles. The van der Waals surface area contributed by atoms with Gasteiger partial charge in [-0.15, -0.1) is 0 Å². The minimum Gasteiger partial charge on any atom is -0.482 e. The molecule has 186 valence electrons. The van der Waals surface area contributed by atoms with Crippen molar-refractivity contribution in [1.82, 2.24) is 9.21 Å². The summed E-state index contributed by atoms with van der Waals surface area (Å²) in [4.78, 5) is 38.6. The molecule has 2 fully saturated rings. The van der Waals surface area contributed by atoms with Gasteiger partial charge in [-0.1, -0.05) is 0 Å². The third-order valence-corrected chi connectivity index (χ3v) is 8.69. The summed E-state index contributed by atoms with van der Waals surface area (Å²) >= 11 is 0. The van der Waals surface area contributed by atoms with Crippen LogP contribution in [-0.4, -0.2) is 74.8 Å². The number of fused-ring (bicyclic) bond motifs is 1. The van der Waals surface area contributed by atoms with Crippen LogP contribution < -0.4 is 10.1 Å². The monoisotopic (exact) mass is 493 g/mol. The second-order valence-electron chi connectivity index (χ2n) is 9.00. The number of aryl methyl sites for hydroxylation is 1. The SMILES string of the molecule is CCOC(=O)C1CCN(C(=O)[C@@H]2CCCN(S(=O)(=O)c3cc4c(cc3C)NC(=O)CO4)C2)CC1. The van der Waals surface area contributed by atoms with E-state index in [4.69, 9.17) is 9.47 Å². The van der Waals surface area contributed by atoms with Crippen LogP contribution in [-0.2, 0) is 29.1 Å². The van der Waals surface area contributed by atoms with E-state index in [0.717, 1.165) is 0 Å². The van der Waals surface area contributed by atoms with Crippen LogP contribution in [0.2, 0.25) is 0 Å². The lowest BCUT2D eigenvalue weighted by molar-refractivity contribution is -0.152. The number of nitrogens with zero attached hydrogens (tertiary/aromatic N) is 2. The topological polar surface area (TPSA) is 122 Å². The Morgan fingerprint density at radius 1 is 1.15 bits per heavy atom. The lowest BCUT2D eigenvalue weighted by atomic mass is 9.93. The smallest absolute Gasteiger partial charge is 0.309 e. The first-order valence-corrected chi connectivity index (χ1v) is 13.2. The average molecular weight is 494 g/mol. The van der Waals surface area contributed by atoms with Gasteiger partial charge in [0.1, 0.15) is 5.75 Å². The van der Waals surface area contributed by atoms with Crippen LogP contribution in [0.3, 0.4) is 0 Å². The Balaban J connectivity index is 1.44. The molecule has 0 aliphatic carbocycles. The van der Waals surface area contributed by atoms with Gasteiger partial charge in [-0.2, -0.15) is 4.31 Å². The fraction of sp³-hybridized carbons (Fsp3) is 0.609. The molecular weight excluding hydrogens is 462 g/mol. The van der Waals surface area contributed by atoms with Crippen molar-refractivity contribution in [3.05, 3.63) is 17.7 Å². The summed E-state index contributed by atoms with van der Waals surface area (Å²) in [7, 11) is -3.85. The van der Waals surface area contributed by atoms with E-state index < -0.39 is 15.9 Å². The molecule has 2 saturated heterocycles. The average Bonchev–Trinajstić information content (AvgIpc) is 2.83. The number of piperidine rings is 2. The van der Waals surface area contributed by atoms with E-state index >= 15 is 0 Å². The molecule has 0 unspecified atom stereocenters. The van der Waals surface area contributed by atoms with E-state index in [-0.39, 0.29) is 41.7 Å². The molecule has 1 aromatic rings. The Labute approximate surface area is 199 Å². The van der Waals surface area contributed by atoms with Crippen molar-refractivity contribution in [2.24, 2.45) is 11.8 Å². The standard InChI is InChI=1S/C23H31N3O7S/c1-3-32-23(29)16-6-9-25(10-7-16)22(28)17-5-4-8-26(13-17)34(30,31)20-12-19-18(11-15(20)2)24-21(27)14-33-19/h11-12,16-17H,3-10,13-14H2,1-2H3,(H,24,27)/t17-/m1/s1. The van der Waals surface area contributed by atoms with Gasteiger partial charge < -0.3 is 19.7 Å². The van der Waals surface area contributed by atoms with Gasteiger partial charge in [0.15, 0.2) is 6.61 Å². The molecule has 1 atom stereocenters. The number of carbonyl (C=O) groups excluding carboxylic acids is 3. The van der Waals surface area contributed by atoms with Crippen molar-refractivity contribution in [3.63, 3.8) is 0 Å². The molecule has 0 bridgehead atoms. The number of carbonyl (C=O) groups is 3. The number of likely N-dealkylation sites (tertiary alicyclic amines) is 1. The Bertz CT molecular complexity index is 1080. The number of hydrogen-bond acceptors (Lipinski definition) is 7. The van der Waals surface area contributed by atoms with Gasteiger partial charge in [-0.25, -0.2) is 8.42 Å². The van der Waals surface area contributed by atoms with Crippen LogP contribution >= 0.6 is 0 Å². The van der Waals surface area contributed by atoms with Crippen LogP contribution in [0.1, 0.15) is 38.2 Å². The van der Waals surface area contributed by atoms with Gasteiger partial charge in [0.25, 0.3) is 5.91 Å². The summed E-state index contributed by atoms with van der Waals surface area (Å²) < 4.78 is 38.8. The second kappa shape index (κ2) is 9.91. The van der Waals surface area contributed by atoms with Crippen molar-refractivity contribution in [2.75, 3.05) is 44.7 Å². The zero-order chi connectivity index (χ0) is 24.5. The number of ether oxygens (including phenoxy) is 2. The molecule has 4 rings (SSSR count). The highest BCUT2D eigenvalue weighted by atomic mass is 32.2. The summed E-state index contributed by atoms with van der Waals surface area (Å²) in [5.41, 5.74) is 0.949. The van der Waals surface area contributed by atoms with Crippen LogP contribution in [0.15, 0.2) is 17.0 Å². The Kier molecular flexibility index (Phi) is 7.13. The first kappa shape index (κ1) is 24.5. The maximum atomic E-state index is 13.5. The molecule has 10 nitrogen and oxygen atoms in total. The molecule has 0 radical (unpaired) electrons. The van der Waals surface area contributed by atoms with Crippen molar-refractivity contribution in [1.29, 1.82) is 0 Å². The highest BCUT2D eigenvalue weighted by Gasteiger charge is 2.38. The predicted octanol–water partition coefficient (Wildman–Crippen LogP) is 1.53. The van der Waals surface area contributed by atoms with Crippen molar-refractivity contribution >= 4 is 33.5 Å². The number of sulfonamides is 1. The van der Waals surface area contributed by atoms with Crippen LogP contribution in [0.25, 0.3) is 0 Å². The molecule has 3 aliphatic heterocycles. The summed E-state index contributed by atoms with van der Waals surface area (Å²) in [5, 5.41) is 2.68. The molecule has 0 saturated carbocycles. The van der Waals surface area contributed by atoms with Gasteiger partial charge in [-0.3, -0.25) is 14.4 Å². The first-order chi connectivity index (χ1) is 16.2. The number of rotatable bonds is 5. The zero-order valence-corrected chi connectivity index (χ0v) is 20.4. The number of amides is 2. The van der Waals surface area contributed by atoms with E-state index in [1.807, 2.05) is 0 Å². The van der Waals surface area contributed by atoms with E-state index in [0.29, 0.717) is 68.9 Å². The normalized spacial score (nSPS) is 21.9. The highest BCUT2D eigenvalue weighted by molar-refractivity contribution is 7.89. The molecule has 3 aliphatic rings. The number of hydrogen-bond donors (Lipinski definition) is 1. The minimum atomic E-state index is -3.85. The quantitative estimate of drug-likeness (QED) is 0.617. The number of benzene rings is 1. The van der Waals surface area contributed by atoms with Gasteiger partial charge >= 0.3 is 5.97 Å². The van der Waals surface area contributed by atoms with Gasteiger partial charge in [0, 0.05) is 32.2 Å².